The zero-order chi connectivity index (χ0) is 31.4. The van der Waals surface area contributed by atoms with Crippen LogP contribution in [0.5, 0.6) is 0 Å². The number of thiazole rings is 3. The molecule has 0 unspecified atom stereocenters. The van der Waals surface area contributed by atoms with Crippen LogP contribution < -0.4 is 15.9 Å². The van der Waals surface area contributed by atoms with Crippen molar-refractivity contribution in [3.05, 3.63) is 146 Å². The minimum atomic E-state index is -3.25. The Balaban J connectivity index is 1.12. The second-order valence-corrected chi connectivity index (χ2v) is 17.1. The first-order valence-electron chi connectivity index (χ1n) is 15.1. The van der Waals surface area contributed by atoms with E-state index < -0.39 is 7.14 Å². The molecule has 0 aliphatic rings. The van der Waals surface area contributed by atoms with E-state index in [2.05, 4.69) is 18.2 Å². The van der Waals surface area contributed by atoms with Gasteiger partial charge in [0.1, 0.15) is 15.0 Å². The van der Waals surface area contributed by atoms with Gasteiger partial charge in [-0.25, -0.2) is 15.0 Å². The maximum absolute atomic E-state index is 15.5. The summed E-state index contributed by atoms with van der Waals surface area (Å²) in [6.07, 6.45) is 0. The van der Waals surface area contributed by atoms with Crippen LogP contribution in [0.1, 0.15) is 0 Å². The Kier molecular flexibility index (Phi) is 6.95. The topological polar surface area (TPSA) is 55.7 Å². The third-order valence-electron chi connectivity index (χ3n) is 8.32. The fraction of sp³-hybridized carbons (Fsp3) is 0. The molecule has 9 rings (SSSR count). The molecule has 47 heavy (non-hydrogen) atoms. The first-order valence-corrected chi connectivity index (χ1v) is 19.3. The summed E-state index contributed by atoms with van der Waals surface area (Å²) in [4.78, 5) is 14.5. The molecule has 0 saturated heterocycles. The fourth-order valence-corrected chi connectivity index (χ4v) is 11.4. The van der Waals surface area contributed by atoms with E-state index in [1.807, 2.05) is 127 Å². The second kappa shape index (κ2) is 11.5. The summed E-state index contributed by atoms with van der Waals surface area (Å²) in [6, 6.07) is 48.8. The van der Waals surface area contributed by atoms with E-state index in [9.17, 15) is 0 Å². The zero-order valence-corrected chi connectivity index (χ0v) is 28.1. The number of aromatic nitrogens is 3. The first kappa shape index (κ1) is 28.4. The third-order valence-corrected chi connectivity index (χ3v) is 14.6. The molecule has 9 aromatic rings. The van der Waals surface area contributed by atoms with Crippen LogP contribution in [0.3, 0.4) is 0 Å². The molecular weight excluding hydrogens is 654 g/mol. The van der Waals surface area contributed by atoms with Crippen LogP contribution in [-0.4, -0.2) is 15.0 Å². The quantitative estimate of drug-likeness (QED) is 0.164. The van der Waals surface area contributed by atoms with Crippen LogP contribution in [0.4, 0.5) is 0 Å². The predicted molar refractivity (Wildman–Crippen MR) is 202 cm³/mol. The SMILES string of the molecule is O=P(c1ccc(-c2nc3ccccc3s2)cc1)(c1ccc(-c2nc3ccccc3s2)cc1)c1ccc(-c2nc3ccccc3s2)cc1. The Hall–Kier alpha value is -4.78. The molecule has 0 radical (unpaired) electrons. The van der Waals surface area contributed by atoms with Crippen LogP contribution in [0.25, 0.3) is 62.4 Å². The smallest absolute Gasteiger partial charge is 0.171 e. The molecule has 3 heterocycles. The van der Waals surface area contributed by atoms with Gasteiger partial charge in [0.2, 0.25) is 0 Å². The van der Waals surface area contributed by atoms with Crippen molar-refractivity contribution >= 4 is 87.7 Å². The van der Waals surface area contributed by atoms with Gasteiger partial charge in [-0.3, -0.25) is 0 Å². The average Bonchev–Trinajstić information content (AvgIpc) is 3.88. The number of para-hydroxylation sites is 3. The van der Waals surface area contributed by atoms with E-state index in [-0.39, 0.29) is 0 Å². The molecule has 3 aromatic heterocycles. The Bertz CT molecular complexity index is 2210. The van der Waals surface area contributed by atoms with Gasteiger partial charge in [-0.2, -0.15) is 0 Å². The Morgan fingerprint density at radius 2 is 0.638 bits per heavy atom. The van der Waals surface area contributed by atoms with Gasteiger partial charge in [0, 0.05) is 32.6 Å². The molecule has 0 saturated carbocycles. The van der Waals surface area contributed by atoms with E-state index in [1.165, 1.54) is 0 Å². The van der Waals surface area contributed by atoms with Crippen LogP contribution in [-0.2, 0) is 4.57 Å². The van der Waals surface area contributed by atoms with E-state index in [4.69, 9.17) is 15.0 Å². The number of nitrogens with zero attached hydrogens (tertiary/aromatic N) is 3. The number of rotatable bonds is 6. The minimum absolute atomic E-state index is 0.780. The first-order chi connectivity index (χ1) is 23.1. The van der Waals surface area contributed by atoms with E-state index >= 15 is 4.57 Å². The lowest BCUT2D eigenvalue weighted by molar-refractivity contribution is 0.592. The van der Waals surface area contributed by atoms with Gasteiger partial charge in [-0.05, 0) is 36.4 Å². The van der Waals surface area contributed by atoms with Crippen molar-refractivity contribution in [2.24, 2.45) is 0 Å². The van der Waals surface area contributed by atoms with Crippen molar-refractivity contribution in [1.82, 2.24) is 15.0 Å². The summed E-state index contributed by atoms with van der Waals surface area (Å²) in [5.74, 6) is 0. The Morgan fingerprint density at radius 3 is 0.915 bits per heavy atom. The summed E-state index contributed by atoms with van der Waals surface area (Å²) in [5, 5.41) is 5.20. The molecule has 0 aliphatic heterocycles. The van der Waals surface area contributed by atoms with Crippen molar-refractivity contribution in [2.45, 2.75) is 0 Å². The highest BCUT2D eigenvalue weighted by atomic mass is 32.1. The summed E-state index contributed by atoms with van der Waals surface area (Å²) in [7, 11) is -3.25. The predicted octanol–water partition coefficient (Wildman–Crippen LogP) is 10.2. The van der Waals surface area contributed by atoms with Crippen molar-refractivity contribution in [2.75, 3.05) is 0 Å². The van der Waals surface area contributed by atoms with E-state index in [1.54, 1.807) is 34.0 Å². The van der Waals surface area contributed by atoms with Crippen molar-refractivity contribution in [3.8, 4) is 31.7 Å². The van der Waals surface area contributed by atoms with Crippen LogP contribution >= 0.6 is 41.2 Å². The monoisotopic (exact) mass is 677 g/mol. The molecule has 0 bridgehead atoms. The average molecular weight is 678 g/mol. The third kappa shape index (κ3) is 5.03. The van der Waals surface area contributed by atoms with Gasteiger partial charge in [-0.15, -0.1) is 34.0 Å². The maximum atomic E-state index is 15.5. The minimum Gasteiger partial charge on any atom is -0.309 e. The second-order valence-electron chi connectivity index (χ2n) is 11.2. The molecule has 8 heteroatoms. The molecule has 4 nitrogen and oxygen atoms in total. The molecule has 224 valence electrons. The zero-order valence-electron chi connectivity index (χ0n) is 24.8. The van der Waals surface area contributed by atoms with Crippen molar-refractivity contribution in [1.29, 1.82) is 0 Å². The van der Waals surface area contributed by atoms with Crippen molar-refractivity contribution in [3.63, 3.8) is 0 Å². The van der Waals surface area contributed by atoms with Crippen molar-refractivity contribution < 1.29 is 4.57 Å². The molecular formula is C39H24N3OPS3. The maximum Gasteiger partial charge on any atom is 0.171 e. The Morgan fingerprint density at radius 1 is 0.362 bits per heavy atom. The lowest BCUT2D eigenvalue weighted by atomic mass is 10.2. The van der Waals surface area contributed by atoms with Crippen LogP contribution in [0.2, 0.25) is 0 Å². The molecule has 6 aromatic carbocycles. The normalized spacial score (nSPS) is 11.9. The highest BCUT2D eigenvalue weighted by molar-refractivity contribution is 7.85. The summed E-state index contributed by atoms with van der Waals surface area (Å²) < 4.78 is 19.0. The molecule has 0 amide bonds. The standard InChI is InChI=1S/C39H24N3OPS3/c43-44(28-19-13-25(14-20-28)37-40-31-7-1-4-10-34(31)45-37,29-21-15-26(16-22-29)38-41-32-8-2-5-11-35(32)46-38)30-23-17-27(18-24-30)39-42-33-9-3-6-12-36(33)47-39/h1-24H. The van der Waals surface area contributed by atoms with E-state index in [0.717, 1.165) is 78.3 Å². The number of benzene rings is 6. The van der Waals surface area contributed by atoms with Crippen LogP contribution in [0.15, 0.2) is 146 Å². The highest BCUT2D eigenvalue weighted by Crippen LogP contribution is 2.44. The van der Waals surface area contributed by atoms with E-state index in [0.29, 0.717) is 0 Å². The fourth-order valence-electron chi connectivity index (χ4n) is 5.88. The number of fused-ring (bicyclic) bond motifs is 3. The Labute approximate surface area is 283 Å². The van der Waals surface area contributed by atoms with Crippen LogP contribution in [0, 0.1) is 0 Å². The molecule has 0 fully saturated rings. The summed E-state index contributed by atoms with van der Waals surface area (Å²) in [6.45, 7) is 0. The van der Waals surface area contributed by atoms with Gasteiger partial charge < -0.3 is 4.57 Å². The number of hydrogen-bond donors (Lipinski definition) is 0. The lowest BCUT2D eigenvalue weighted by Gasteiger charge is -2.21. The highest BCUT2D eigenvalue weighted by Gasteiger charge is 2.30. The lowest BCUT2D eigenvalue weighted by Crippen LogP contribution is -2.25. The summed E-state index contributed by atoms with van der Waals surface area (Å²) in [5.41, 5.74) is 6.01. The molecule has 0 atom stereocenters. The van der Waals surface area contributed by atoms with Gasteiger partial charge >= 0.3 is 0 Å². The molecule has 0 N–H and O–H groups in total. The summed E-state index contributed by atoms with van der Waals surface area (Å²) >= 11 is 5.00. The van der Waals surface area contributed by atoms with Gasteiger partial charge in [0.05, 0.1) is 30.6 Å². The van der Waals surface area contributed by atoms with Gasteiger partial charge in [0.15, 0.2) is 7.14 Å². The van der Waals surface area contributed by atoms with Gasteiger partial charge in [-0.1, -0.05) is 109 Å². The molecule has 0 spiro atoms. The number of hydrogen-bond acceptors (Lipinski definition) is 7. The van der Waals surface area contributed by atoms with Gasteiger partial charge in [0.25, 0.3) is 0 Å². The largest absolute Gasteiger partial charge is 0.309 e. The molecule has 0 aliphatic carbocycles.